The molecule has 6 rings (SSSR count). The number of allylic oxidation sites excluding steroid dienone is 1. The first kappa shape index (κ1) is 24.2. The molecule has 4 aromatic rings. The van der Waals surface area contributed by atoms with E-state index in [0.29, 0.717) is 36.6 Å². The summed E-state index contributed by atoms with van der Waals surface area (Å²) in [6, 6.07) is 26.3. The van der Waals surface area contributed by atoms with E-state index in [9.17, 15) is 9.59 Å². The highest BCUT2D eigenvalue weighted by Gasteiger charge is 2.23. The highest BCUT2D eigenvalue weighted by molar-refractivity contribution is 7.99. The van der Waals surface area contributed by atoms with E-state index >= 15 is 0 Å². The van der Waals surface area contributed by atoms with Gasteiger partial charge in [0.05, 0.1) is 17.9 Å². The number of amides is 1. The Morgan fingerprint density at radius 1 is 0.974 bits per heavy atom. The summed E-state index contributed by atoms with van der Waals surface area (Å²) in [6.45, 7) is 0.630. The number of nitrogens with one attached hydrogen (secondary N) is 2. The molecule has 1 fully saturated rings. The van der Waals surface area contributed by atoms with Crippen molar-refractivity contribution in [3.63, 3.8) is 0 Å². The van der Waals surface area contributed by atoms with Gasteiger partial charge in [0.2, 0.25) is 0 Å². The Morgan fingerprint density at radius 2 is 1.74 bits per heavy atom. The molecule has 2 aliphatic rings. The maximum Gasteiger partial charge on any atom is 0.257 e. The van der Waals surface area contributed by atoms with Gasteiger partial charge in [-0.05, 0) is 54.2 Å². The molecule has 1 amide bonds. The molecule has 0 saturated heterocycles. The minimum absolute atomic E-state index is 0.184. The SMILES string of the molecule is O=C1CCC(/C=C(/C(=O)Nc2ccn(Cc3ccccc3)n2)c2ccc3c(c2)Nc2ccccc2S3)CC1. The molecule has 0 unspecified atom stereocenters. The van der Waals surface area contributed by atoms with Crippen molar-refractivity contribution in [2.24, 2.45) is 5.92 Å². The van der Waals surface area contributed by atoms with Crippen LogP contribution in [0.1, 0.15) is 36.8 Å². The van der Waals surface area contributed by atoms with Crippen LogP contribution in [0.4, 0.5) is 17.2 Å². The van der Waals surface area contributed by atoms with E-state index in [0.717, 1.165) is 40.2 Å². The summed E-state index contributed by atoms with van der Waals surface area (Å²) >= 11 is 1.72. The van der Waals surface area contributed by atoms with Gasteiger partial charge in [-0.1, -0.05) is 66.4 Å². The number of ketones is 1. The molecule has 2 heterocycles. The van der Waals surface area contributed by atoms with E-state index in [2.05, 4.69) is 46.1 Å². The Hall–Kier alpha value is -4.10. The molecule has 0 radical (unpaired) electrons. The number of benzene rings is 3. The second kappa shape index (κ2) is 10.7. The van der Waals surface area contributed by atoms with Gasteiger partial charge < -0.3 is 10.6 Å². The molecule has 0 spiro atoms. The molecule has 0 atom stereocenters. The van der Waals surface area contributed by atoms with Crippen molar-refractivity contribution in [2.75, 3.05) is 10.6 Å². The lowest BCUT2D eigenvalue weighted by atomic mass is 9.86. The number of hydrogen-bond donors (Lipinski definition) is 2. The molecule has 0 bridgehead atoms. The number of para-hydroxylation sites is 1. The summed E-state index contributed by atoms with van der Waals surface area (Å²) in [5.41, 5.74) is 4.63. The number of carbonyl (C=O) groups excluding carboxylic acids is 2. The van der Waals surface area contributed by atoms with Gasteiger partial charge in [0.1, 0.15) is 5.78 Å². The largest absolute Gasteiger partial charge is 0.354 e. The first-order valence-electron chi connectivity index (χ1n) is 12.9. The van der Waals surface area contributed by atoms with Gasteiger partial charge in [-0.3, -0.25) is 14.3 Å². The van der Waals surface area contributed by atoms with E-state index in [1.807, 2.05) is 65.5 Å². The molecule has 7 heteroatoms. The van der Waals surface area contributed by atoms with Crippen LogP contribution in [-0.4, -0.2) is 21.5 Å². The molecule has 6 nitrogen and oxygen atoms in total. The number of carbonyl (C=O) groups is 2. The number of anilines is 3. The maximum atomic E-state index is 13.7. The van der Waals surface area contributed by atoms with E-state index < -0.39 is 0 Å². The fraction of sp³-hybridized carbons (Fsp3) is 0.194. The molecule has 3 aromatic carbocycles. The lowest BCUT2D eigenvalue weighted by molar-refractivity contribution is -0.120. The van der Waals surface area contributed by atoms with Crippen molar-refractivity contribution < 1.29 is 9.59 Å². The Balaban J connectivity index is 1.26. The number of rotatable bonds is 6. The third-order valence-electron chi connectivity index (χ3n) is 6.97. The van der Waals surface area contributed by atoms with E-state index in [4.69, 9.17) is 0 Å². The van der Waals surface area contributed by atoms with Crippen molar-refractivity contribution in [3.05, 3.63) is 102 Å². The van der Waals surface area contributed by atoms with Crippen LogP contribution >= 0.6 is 11.8 Å². The maximum absolute atomic E-state index is 13.7. The Labute approximate surface area is 226 Å². The van der Waals surface area contributed by atoms with Crippen molar-refractivity contribution >= 4 is 46.2 Å². The molecule has 190 valence electrons. The molecule has 38 heavy (non-hydrogen) atoms. The van der Waals surface area contributed by atoms with Gasteiger partial charge in [0.15, 0.2) is 5.82 Å². The highest BCUT2D eigenvalue weighted by atomic mass is 32.2. The molecule has 1 saturated carbocycles. The smallest absolute Gasteiger partial charge is 0.257 e. The quantitative estimate of drug-likeness (QED) is 0.238. The molecular formula is C31H28N4O2S. The summed E-state index contributed by atoms with van der Waals surface area (Å²) in [7, 11) is 0. The minimum Gasteiger partial charge on any atom is -0.354 e. The zero-order valence-corrected chi connectivity index (χ0v) is 21.7. The average molecular weight is 521 g/mol. The lowest BCUT2D eigenvalue weighted by Gasteiger charge is -2.22. The topological polar surface area (TPSA) is 76.0 Å². The highest BCUT2D eigenvalue weighted by Crippen LogP contribution is 2.45. The zero-order chi connectivity index (χ0) is 25.9. The summed E-state index contributed by atoms with van der Waals surface area (Å²) in [5, 5.41) is 11.1. The predicted octanol–water partition coefficient (Wildman–Crippen LogP) is 6.92. The van der Waals surface area contributed by atoms with Crippen LogP contribution in [-0.2, 0) is 16.1 Å². The van der Waals surface area contributed by atoms with Crippen LogP contribution in [0.2, 0.25) is 0 Å². The van der Waals surface area contributed by atoms with Gasteiger partial charge in [-0.25, -0.2) is 0 Å². The normalized spacial score (nSPS) is 15.4. The molecule has 1 aromatic heterocycles. The fourth-order valence-electron chi connectivity index (χ4n) is 4.94. The van der Waals surface area contributed by atoms with Gasteiger partial charge in [0.25, 0.3) is 5.91 Å². The predicted molar refractivity (Wildman–Crippen MR) is 152 cm³/mol. The summed E-state index contributed by atoms with van der Waals surface area (Å²) in [5.74, 6) is 0.799. The lowest BCUT2D eigenvalue weighted by Crippen LogP contribution is -2.18. The van der Waals surface area contributed by atoms with Gasteiger partial charge in [-0.15, -0.1) is 0 Å². The Kier molecular flexibility index (Phi) is 6.84. The molecular weight excluding hydrogens is 492 g/mol. The number of nitrogens with zero attached hydrogens (tertiary/aromatic N) is 2. The summed E-state index contributed by atoms with van der Waals surface area (Å²) < 4.78 is 1.82. The van der Waals surface area contributed by atoms with E-state index in [1.54, 1.807) is 11.8 Å². The Bertz CT molecular complexity index is 1520. The van der Waals surface area contributed by atoms with Crippen molar-refractivity contribution in [3.8, 4) is 0 Å². The molecule has 1 aliphatic carbocycles. The fourth-order valence-corrected chi connectivity index (χ4v) is 5.91. The first-order chi connectivity index (χ1) is 18.6. The summed E-state index contributed by atoms with van der Waals surface area (Å²) in [6.07, 6.45) is 6.60. The van der Waals surface area contributed by atoms with Crippen molar-refractivity contribution in [1.82, 2.24) is 9.78 Å². The van der Waals surface area contributed by atoms with Crippen molar-refractivity contribution in [2.45, 2.75) is 42.0 Å². The van der Waals surface area contributed by atoms with Crippen LogP contribution in [0.3, 0.4) is 0 Å². The first-order valence-corrected chi connectivity index (χ1v) is 13.7. The van der Waals surface area contributed by atoms with Crippen molar-refractivity contribution in [1.29, 1.82) is 0 Å². The number of hydrogen-bond acceptors (Lipinski definition) is 5. The van der Waals surface area contributed by atoms with E-state index in [-0.39, 0.29) is 11.8 Å². The van der Waals surface area contributed by atoms with Crippen LogP contribution in [0.25, 0.3) is 5.57 Å². The van der Waals surface area contributed by atoms with Gasteiger partial charge in [-0.2, -0.15) is 5.10 Å². The third kappa shape index (κ3) is 5.43. The number of Topliss-reactive ketones (excluding diaryl/α,β-unsaturated/α-hetero) is 1. The van der Waals surface area contributed by atoms with Gasteiger partial charge >= 0.3 is 0 Å². The van der Waals surface area contributed by atoms with Crippen LogP contribution in [0, 0.1) is 5.92 Å². The molecule has 1 aliphatic heterocycles. The summed E-state index contributed by atoms with van der Waals surface area (Å²) in [4.78, 5) is 27.8. The van der Waals surface area contributed by atoms with Crippen LogP contribution in [0.15, 0.2) is 101 Å². The third-order valence-corrected chi connectivity index (χ3v) is 8.12. The van der Waals surface area contributed by atoms with Crippen LogP contribution < -0.4 is 10.6 Å². The second-order valence-electron chi connectivity index (χ2n) is 9.73. The number of aromatic nitrogens is 2. The van der Waals surface area contributed by atoms with Crippen LogP contribution in [0.5, 0.6) is 0 Å². The second-order valence-corrected chi connectivity index (χ2v) is 10.8. The minimum atomic E-state index is -0.198. The molecule has 2 N–H and O–H groups in total. The zero-order valence-electron chi connectivity index (χ0n) is 20.9. The number of fused-ring (bicyclic) bond motifs is 2. The van der Waals surface area contributed by atoms with E-state index in [1.165, 1.54) is 4.90 Å². The average Bonchev–Trinajstić information content (AvgIpc) is 3.38. The monoisotopic (exact) mass is 520 g/mol. The Morgan fingerprint density at radius 3 is 2.58 bits per heavy atom. The van der Waals surface area contributed by atoms with Gasteiger partial charge in [0, 0.05) is 40.5 Å². The standard InChI is InChI=1S/C31H28N4O2S/c36-24-13-10-21(11-14-24)18-25(23-12-15-29-27(19-23)32-26-8-4-5-9-28(26)38-29)31(37)33-30-16-17-35(34-30)20-22-6-2-1-3-7-22/h1-9,12,15-19,21,32H,10-11,13-14,20H2,(H,33,34,37)/b25-18+.